The normalized spacial score (nSPS) is 10.7. The van der Waals surface area contributed by atoms with Crippen LogP contribution in [-0.4, -0.2) is 26.9 Å². The first-order valence-corrected chi connectivity index (χ1v) is 8.35. The molecule has 2 heterocycles. The molecule has 25 heavy (non-hydrogen) atoms. The number of Topliss-reactive ketones (excluding diaryl/α,β-unsaturated/α-hetero) is 1. The average Bonchev–Trinajstić information content (AvgIpc) is 3.29. The topological polar surface area (TPSA) is 87.7 Å². The second-order valence-electron chi connectivity index (χ2n) is 5.31. The molecule has 0 radical (unpaired) electrons. The lowest BCUT2D eigenvalue weighted by atomic mass is 10.1. The minimum Gasteiger partial charge on any atom is -0.360 e. The number of para-hydroxylation sites is 1. The highest BCUT2D eigenvalue weighted by Gasteiger charge is 2.21. The number of hydrogen-bond donors (Lipinski definition) is 2. The van der Waals surface area contributed by atoms with Gasteiger partial charge in [-0.25, -0.2) is 0 Å². The summed E-state index contributed by atoms with van der Waals surface area (Å²) in [5.41, 5.74) is 2.05. The van der Waals surface area contributed by atoms with E-state index in [9.17, 15) is 9.59 Å². The Labute approximate surface area is 146 Å². The van der Waals surface area contributed by atoms with E-state index in [1.165, 1.54) is 11.3 Å². The molecule has 0 saturated heterocycles. The molecule has 0 unspecified atom stereocenters. The van der Waals surface area contributed by atoms with Gasteiger partial charge in [0.2, 0.25) is 5.13 Å². The number of aromatic amines is 1. The molecule has 0 bridgehead atoms. The van der Waals surface area contributed by atoms with Crippen molar-refractivity contribution < 1.29 is 9.59 Å². The zero-order chi connectivity index (χ0) is 17.2. The molecule has 0 fully saturated rings. The van der Waals surface area contributed by atoms with E-state index in [-0.39, 0.29) is 5.13 Å². The molecule has 4 aromatic rings. The molecular weight excluding hydrogens is 336 g/mol. The van der Waals surface area contributed by atoms with E-state index < -0.39 is 11.7 Å². The van der Waals surface area contributed by atoms with Gasteiger partial charge in [0, 0.05) is 22.7 Å². The van der Waals surface area contributed by atoms with E-state index >= 15 is 0 Å². The van der Waals surface area contributed by atoms with Gasteiger partial charge in [0.15, 0.2) is 0 Å². The van der Waals surface area contributed by atoms with Gasteiger partial charge in [-0.1, -0.05) is 59.9 Å². The van der Waals surface area contributed by atoms with Crippen molar-refractivity contribution >= 4 is 39.1 Å². The fourth-order valence-corrected chi connectivity index (χ4v) is 3.25. The molecule has 2 aromatic carbocycles. The van der Waals surface area contributed by atoms with Crippen molar-refractivity contribution in [2.75, 3.05) is 5.32 Å². The number of carbonyl (C=O) groups is 2. The third-order valence-corrected chi connectivity index (χ3v) is 4.59. The molecule has 0 saturated carbocycles. The van der Waals surface area contributed by atoms with Crippen LogP contribution < -0.4 is 5.32 Å². The number of rotatable bonds is 4. The highest BCUT2D eigenvalue weighted by molar-refractivity contribution is 7.18. The summed E-state index contributed by atoms with van der Waals surface area (Å²) in [6, 6.07) is 16.8. The Hall–Kier alpha value is -3.32. The fourth-order valence-electron chi connectivity index (χ4n) is 2.51. The standard InChI is InChI=1S/C18H12N4O2S/c23-15(13-10-19-14-9-5-4-8-12(13)14)16(24)20-18-22-21-17(25-18)11-6-2-1-3-7-11/h1-10,19H,(H,20,22,24). The van der Waals surface area contributed by atoms with Gasteiger partial charge in [-0.15, -0.1) is 10.2 Å². The maximum atomic E-state index is 12.4. The van der Waals surface area contributed by atoms with Gasteiger partial charge < -0.3 is 4.98 Å². The van der Waals surface area contributed by atoms with Gasteiger partial charge in [0.05, 0.1) is 5.56 Å². The summed E-state index contributed by atoms with van der Waals surface area (Å²) >= 11 is 1.22. The Morgan fingerprint density at radius 1 is 0.960 bits per heavy atom. The number of aromatic nitrogens is 3. The van der Waals surface area contributed by atoms with E-state index in [4.69, 9.17) is 0 Å². The van der Waals surface area contributed by atoms with Crippen LogP contribution in [0, 0.1) is 0 Å². The zero-order valence-electron chi connectivity index (χ0n) is 12.9. The van der Waals surface area contributed by atoms with Crippen LogP contribution in [0.15, 0.2) is 60.8 Å². The number of nitrogens with one attached hydrogen (secondary N) is 2. The van der Waals surface area contributed by atoms with Gasteiger partial charge >= 0.3 is 0 Å². The van der Waals surface area contributed by atoms with E-state index in [1.54, 1.807) is 12.3 Å². The number of H-pyrrole nitrogens is 1. The average molecular weight is 348 g/mol. The van der Waals surface area contributed by atoms with E-state index in [1.807, 2.05) is 48.5 Å². The van der Waals surface area contributed by atoms with Gasteiger partial charge in [0.1, 0.15) is 5.01 Å². The van der Waals surface area contributed by atoms with Crippen LogP contribution in [0.25, 0.3) is 21.5 Å². The molecule has 0 aliphatic heterocycles. The van der Waals surface area contributed by atoms with Crippen LogP contribution in [-0.2, 0) is 4.79 Å². The number of amides is 1. The summed E-state index contributed by atoms with van der Waals surface area (Å²) in [5.74, 6) is -1.35. The summed E-state index contributed by atoms with van der Waals surface area (Å²) in [6.07, 6.45) is 1.54. The summed E-state index contributed by atoms with van der Waals surface area (Å²) in [6.45, 7) is 0. The van der Waals surface area contributed by atoms with Crippen molar-refractivity contribution in [2.45, 2.75) is 0 Å². The maximum absolute atomic E-state index is 12.4. The van der Waals surface area contributed by atoms with Crippen LogP contribution in [0.2, 0.25) is 0 Å². The van der Waals surface area contributed by atoms with E-state index in [0.717, 1.165) is 11.1 Å². The summed E-state index contributed by atoms with van der Waals surface area (Å²) < 4.78 is 0. The first kappa shape index (κ1) is 15.2. The molecule has 2 N–H and O–H groups in total. The van der Waals surface area contributed by atoms with Crippen molar-refractivity contribution in [3.05, 3.63) is 66.4 Å². The number of ketones is 1. The highest BCUT2D eigenvalue weighted by atomic mass is 32.1. The lowest BCUT2D eigenvalue weighted by Crippen LogP contribution is -2.22. The van der Waals surface area contributed by atoms with Crippen molar-refractivity contribution in [3.8, 4) is 10.6 Å². The van der Waals surface area contributed by atoms with Crippen molar-refractivity contribution in [1.29, 1.82) is 0 Å². The minimum absolute atomic E-state index is 0.289. The van der Waals surface area contributed by atoms with Crippen LogP contribution in [0.5, 0.6) is 0 Å². The monoisotopic (exact) mass is 348 g/mol. The van der Waals surface area contributed by atoms with E-state index in [2.05, 4.69) is 20.5 Å². The Balaban J connectivity index is 1.54. The molecule has 122 valence electrons. The lowest BCUT2D eigenvalue weighted by Gasteiger charge is -1.99. The maximum Gasteiger partial charge on any atom is 0.298 e. The molecule has 0 atom stereocenters. The highest BCUT2D eigenvalue weighted by Crippen LogP contribution is 2.26. The molecule has 0 aliphatic rings. The quantitative estimate of drug-likeness (QED) is 0.436. The molecule has 4 rings (SSSR count). The molecule has 6 nitrogen and oxygen atoms in total. The molecular formula is C18H12N4O2S. The predicted molar refractivity (Wildman–Crippen MR) is 96.6 cm³/mol. The Morgan fingerprint density at radius 3 is 2.56 bits per heavy atom. The van der Waals surface area contributed by atoms with Gasteiger partial charge in [-0.3, -0.25) is 14.9 Å². The van der Waals surface area contributed by atoms with Gasteiger partial charge in [-0.2, -0.15) is 0 Å². The van der Waals surface area contributed by atoms with Gasteiger partial charge in [0.25, 0.3) is 11.7 Å². The van der Waals surface area contributed by atoms with Crippen LogP contribution in [0.3, 0.4) is 0 Å². The molecule has 0 aliphatic carbocycles. The number of benzene rings is 2. The smallest absolute Gasteiger partial charge is 0.298 e. The SMILES string of the molecule is O=C(Nc1nnc(-c2ccccc2)s1)C(=O)c1c[nH]c2ccccc12. The second-order valence-corrected chi connectivity index (χ2v) is 6.29. The molecule has 2 aromatic heterocycles. The minimum atomic E-state index is -0.736. The third-order valence-electron chi connectivity index (χ3n) is 3.71. The summed E-state index contributed by atoms with van der Waals surface area (Å²) in [7, 11) is 0. The first-order valence-electron chi connectivity index (χ1n) is 7.53. The number of nitrogens with zero attached hydrogens (tertiary/aromatic N) is 2. The van der Waals surface area contributed by atoms with Crippen LogP contribution >= 0.6 is 11.3 Å². The van der Waals surface area contributed by atoms with Crippen molar-refractivity contribution in [2.24, 2.45) is 0 Å². The van der Waals surface area contributed by atoms with Gasteiger partial charge in [-0.05, 0) is 6.07 Å². The zero-order valence-corrected chi connectivity index (χ0v) is 13.7. The Kier molecular flexibility index (Phi) is 3.83. The van der Waals surface area contributed by atoms with E-state index in [0.29, 0.717) is 16.0 Å². The summed E-state index contributed by atoms with van der Waals surface area (Å²) in [4.78, 5) is 27.7. The lowest BCUT2D eigenvalue weighted by molar-refractivity contribution is -0.112. The van der Waals surface area contributed by atoms with Crippen LogP contribution in [0.4, 0.5) is 5.13 Å². The largest absolute Gasteiger partial charge is 0.360 e. The molecule has 7 heteroatoms. The Bertz CT molecular complexity index is 1070. The van der Waals surface area contributed by atoms with Crippen molar-refractivity contribution in [3.63, 3.8) is 0 Å². The van der Waals surface area contributed by atoms with Crippen LogP contribution in [0.1, 0.15) is 10.4 Å². The molecule has 0 spiro atoms. The number of fused-ring (bicyclic) bond motifs is 1. The molecule has 1 amide bonds. The third kappa shape index (κ3) is 2.92. The first-order chi connectivity index (χ1) is 12.2. The fraction of sp³-hybridized carbons (Fsp3) is 0. The predicted octanol–water partition coefficient (Wildman–Crippen LogP) is 3.51. The second kappa shape index (κ2) is 6.29. The number of anilines is 1. The Morgan fingerprint density at radius 2 is 1.72 bits per heavy atom. The van der Waals surface area contributed by atoms with Crippen molar-refractivity contribution in [1.82, 2.24) is 15.2 Å². The number of hydrogen-bond acceptors (Lipinski definition) is 5. The summed E-state index contributed by atoms with van der Waals surface area (Å²) in [5, 5.41) is 12.2. The number of carbonyl (C=O) groups excluding carboxylic acids is 2.